The molecule has 0 saturated carbocycles. The number of hydrogen-bond donors (Lipinski definition) is 1. The van der Waals surface area contributed by atoms with Gasteiger partial charge in [-0.1, -0.05) is 54.6 Å². The van der Waals surface area contributed by atoms with Gasteiger partial charge in [0.1, 0.15) is 0 Å². The lowest BCUT2D eigenvalue weighted by atomic mass is 9.78. The summed E-state index contributed by atoms with van der Waals surface area (Å²) in [5.74, 6) is 1.05. The average molecular weight is 428 g/mol. The van der Waals surface area contributed by atoms with E-state index in [-0.39, 0.29) is 11.7 Å². The zero-order valence-corrected chi connectivity index (χ0v) is 18.8. The number of likely N-dealkylation sites (tertiary alicyclic amines) is 1. The molecule has 32 heavy (non-hydrogen) atoms. The average Bonchev–Trinajstić information content (AvgIpc) is 3.06. The summed E-state index contributed by atoms with van der Waals surface area (Å²) in [5, 5.41) is 0. The van der Waals surface area contributed by atoms with E-state index < -0.39 is 0 Å². The second-order valence-electron chi connectivity index (χ2n) is 9.58. The molecule has 1 unspecified atom stereocenters. The number of carbonyl (C=O) groups excluding carboxylic acids is 1. The van der Waals surface area contributed by atoms with E-state index in [1.54, 1.807) is 0 Å². The van der Waals surface area contributed by atoms with Gasteiger partial charge in [0.25, 0.3) is 0 Å². The van der Waals surface area contributed by atoms with E-state index in [9.17, 15) is 4.79 Å². The molecule has 1 aliphatic heterocycles. The second kappa shape index (κ2) is 9.41. The van der Waals surface area contributed by atoms with Crippen molar-refractivity contribution in [3.8, 4) is 0 Å². The number of Topliss-reactive ketones (excluding diaryl/α,β-unsaturated/α-hetero) is 1. The molecular formula is C28H33N3O. The van der Waals surface area contributed by atoms with Crippen LogP contribution in [0.1, 0.15) is 65.0 Å². The fourth-order valence-corrected chi connectivity index (χ4v) is 5.57. The lowest BCUT2D eigenvalue weighted by molar-refractivity contribution is 0.0881. The standard InChI is InChI=1S/C28H33N3O/c29-27-23-9-5-2-6-10-24(23)30-25-14-13-22(28(32)26(25)27)12-11-20-15-17-31(18-16-20)19-21-7-3-1-4-8-21/h1-9,20,22H,10-19H2,(H2,29,30). The van der Waals surface area contributed by atoms with Crippen LogP contribution >= 0.6 is 0 Å². The van der Waals surface area contributed by atoms with Crippen molar-refractivity contribution in [2.75, 3.05) is 18.8 Å². The molecule has 1 fully saturated rings. The number of rotatable bonds is 5. The molecule has 4 heteroatoms. The predicted molar refractivity (Wildman–Crippen MR) is 130 cm³/mol. The molecule has 0 spiro atoms. The number of pyridine rings is 1. The van der Waals surface area contributed by atoms with Gasteiger partial charge in [0.05, 0.1) is 22.6 Å². The number of ketones is 1. The van der Waals surface area contributed by atoms with Gasteiger partial charge >= 0.3 is 0 Å². The number of aromatic nitrogens is 1. The fourth-order valence-electron chi connectivity index (χ4n) is 5.57. The number of nitrogens with zero attached hydrogens (tertiary/aromatic N) is 2. The maximum atomic E-state index is 13.4. The highest BCUT2D eigenvalue weighted by atomic mass is 16.1. The third-order valence-corrected chi connectivity index (χ3v) is 7.48. The number of nitrogen functional groups attached to an aromatic ring is 1. The van der Waals surface area contributed by atoms with Crippen LogP contribution in [0.2, 0.25) is 0 Å². The molecule has 0 radical (unpaired) electrons. The molecule has 2 heterocycles. The van der Waals surface area contributed by atoms with Crippen molar-refractivity contribution in [2.45, 2.75) is 51.5 Å². The number of aryl methyl sites for hydroxylation is 1. The van der Waals surface area contributed by atoms with E-state index in [1.165, 1.54) is 18.4 Å². The first kappa shape index (κ1) is 21.1. The van der Waals surface area contributed by atoms with Crippen LogP contribution in [0.15, 0.2) is 48.6 Å². The first-order valence-electron chi connectivity index (χ1n) is 12.1. The molecule has 3 aliphatic rings. The van der Waals surface area contributed by atoms with Crippen molar-refractivity contribution in [3.05, 3.63) is 76.6 Å². The molecule has 1 saturated heterocycles. The monoisotopic (exact) mass is 427 g/mol. The zero-order chi connectivity index (χ0) is 21.9. The van der Waals surface area contributed by atoms with Crippen LogP contribution in [0.4, 0.5) is 5.69 Å². The number of carbonyl (C=O) groups is 1. The summed E-state index contributed by atoms with van der Waals surface area (Å²) >= 11 is 0. The number of nitrogens with two attached hydrogens (primary N) is 1. The predicted octanol–water partition coefficient (Wildman–Crippen LogP) is 5.23. The van der Waals surface area contributed by atoms with E-state index in [4.69, 9.17) is 10.7 Å². The fraction of sp³-hybridized carbons (Fsp3) is 0.429. The molecule has 1 aromatic carbocycles. The number of anilines is 1. The SMILES string of the molecule is Nc1c2c(nc3c1C(=O)C(CCC1CCN(Cc4ccccc4)CC1)CC3)CC=CC=C2. The first-order valence-corrected chi connectivity index (χ1v) is 12.1. The highest BCUT2D eigenvalue weighted by Crippen LogP contribution is 2.36. The van der Waals surface area contributed by atoms with Gasteiger partial charge in [-0.15, -0.1) is 0 Å². The summed E-state index contributed by atoms with van der Waals surface area (Å²) in [7, 11) is 0. The minimum absolute atomic E-state index is 0.0971. The van der Waals surface area contributed by atoms with Crippen molar-refractivity contribution in [1.29, 1.82) is 0 Å². The largest absolute Gasteiger partial charge is 0.398 e. The lowest BCUT2D eigenvalue weighted by Gasteiger charge is -2.33. The number of hydrogen-bond acceptors (Lipinski definition) is 4. The highest BCUT2D eigenvalue weighted by Gasteiger charge is 2.32. The molecule has 1 aromatic heterocycles. The Hall–Kier alpha value is -2.72. The zero-order valence-electron chi connectivity index (χ0n) is 18.8. The molecule has 0 bridgehead atoms. The molecule has 2 aromatic rings. The highest BCUT2D eigenvalue weighted by molar-refractivity contribution is 6.05. The van der Waals surface area contributed by atoms with Gasteiger partial charge in [0, 0.05) is 24.4 Å². The van der Waals surface area contributed by atoms with E-state index in [2.05, 4.69) is 41.3 Å². The summed E-state index contributed by atoms with van der Waals surface area (Å²) in [6.45, 7) is 3.36. The lowest BCUT2D eigenvalue weighted by Crippen LogP contribution is -2.33. The van der Waals surface area contributed by atoms with E-state index in [1.807, 2.05) is 18.2 Å². The van der Waals surface area contributed by atoms with E-state index >= 15 is 0 Å². The molecule has 0 amide bonds. The Bertz CT molecular complexity index is 1030. The quantitative estimate of drug-likeness (QED) is 0.710. The minimum Gasteiger partial charge on any atom is -0.398 e. The number of fused-ring (bicyclic) bond motifs is 2. The van der Waals surface area contributed by atoms with E-state index in [0.29, 0.717) is 11.3 Å². The Morgan fingerprint density at radius 2 is 1.81 bits per heavy atom. The maximum Gasteiger partial charge on any atom is 0.169 e. The maximum absolute atomic E-state index is 13.4. The van der Waals surface area contributed by atoms with Crippen LogP contribution in [0.25, 0.3) is 6.08 Å². The van der Waals surface area contributed by atoms with Gasteiger partial charge < -0.3 is 5.73 Å². The summed E-state index contributed by atoms with van der Waals surface area (Å²) in [5.41, 5.74) is 12.1. The number of piperidine rings is 1. The van der Waals surface area contributed by atoms with Gasteiger partial charge in [0.2, 0.25) is 0 Å². The molecule has 2 aliphatic carbocycles. The smallest absolute Gasteiger partial charge is 0.169 e. The van der Waals surface area contributed by atoms with Crippen LogP contribution < -0.4 is 5.73 Å². The number of benzene rings is 1. The van der Waals surface area contributed by atoms with Crippen LogP contribution in [0, 0.1) is 11.8 Å². The van der Waals surface area contributed by atoms with Gasteiger partial charge in [-0.05, 0) is 63.1 Å². The third-order valence-electron chi connectivity index (χ3n) is 7.48. The molecule has 166 valence electrons. The Morgan fingerprint density at radius 1 is 1.00 bits per heavy atom. The Morgan fingerprint density at radius 3 is 2.62 bits per heavy atom. The van der Waals surface area contributed by atoms with Gasteiger partial charge in [-0.25, -0.2) is 0 Å². The topological polar surface area (TPSA) is 59.2 Å². The van der Waals surface area contributed by atoms with E-state index in [0.717, 1.165) is 74.6 Å². The van der Waals surface area contributed by atoms with Crippen LogP contribution in [-0.4, -0.2) is 28.8 Å². The van der Waals surface area contributed by atoms with Gasteiger partial charge in [-0.3, -0.25) is 14.7 Å². The van der Waals surface area contributed by atoms with Crippen LogP contribution in [0.5, 0.6) is 0 Å². The van der Waals surface area contributed by atoms with Crippen molar-refractivity contribution in [3.63, 3.8) is 0 Å². The van der Waals surface area contributed by atoms with Crippen molar-refractivity contribution < 1.29 is 4.79 Å². The van der Waals surface area contributed by atoms with Gasteiger partial charge in [-0.2, -0.15) is 0 Å². The van der Waals surface area contributed by atoms with Crippen LogP contribution in [-0.2, 0) is 19.4 Å². The summed E-state index contributed by atoms with van der Waals surface area (Å²) in [6, 6.07) is 10.7. The molecule has 2 N–H and O–H groups in total. The summed E-state index contributed by atoms with van der Waals surface area (Å²) in [6.07, 6.45) is 15.3. The van der Waals surface area contributed by atoms with Crippen molar-refractivity contribution in [1.82, 2.24) is 9.88 Å². The van der Waals surface area contributed by atoms with Gasteiger partial charge in [0.15, 0.2) is 5.78 Å². The Balaban J connectivity index is 1.18. The normalized spacial score (nSPS) is 21.2. The van der Waals surface area contributed by atoms with Crippen molar-refractivity contribution in [2.24, 2.45) is 11.8 Å². The summed E-state index contributed by atoms with van der Waals surface area (Å²) < 4.78 is 0. The molecular weight excluding hydrogens is 394 g/mol. The second-order valence-corrected chi connectivity index (χ2v) is 9.58. The summed E-state index contributed by atoms with van der Waals surface area (Å²) in [4.78, 5) is 20.8. The van der Waals surface area contributed by atoms with Crippen LogP contribution in [0.3, 0.4) is 0 Å². The molecule has 1 atom stereocenters. The van der Waals surface area contributed by atoms with Crippen molar-refractivity contribution >= 4 is 17.5 Å². The Kier molecular flexibility index (Phi) is 6.22. The minimum atomic E-state index is 0.0971. The Labute approximate surface area is 191 Å². The third kappa shape index (κ3) is 4.42. The molecule has 5 rings (SSSR count). The number of allylic oxidation sites excluding steroid dienone is 3. The first-order chi connectivity index (χ1) is 15.7. The molecule has 4 nitrogen and oxygen atoms in total.